The van der Waals surface area contributed by atoms with Crippen molar-refractivity contribution in [2.75, 3.05) is 25.5 Å². The monoisotopic (exact) mass is 394 g/mol. The highest BCUT2D eigenvalue weighted by molar-refractivity contribution is 5.92. The molecule has 0 bridgehead atoms. The van der Waals surface area contributed by atoms with E-state index in [1.54, 1.807) is 23.7 Å². The molecule has 29 heavy (non-hydrogen) atoms. The largest absolute Gasteiger partial charge is 0.309 e. The minimum Gasteiger partial charge on any atom is -0.309 e. The smallest absolute Gasteiger partial charge is 0.231 e. The van der Waals surface area contributed by atoms with E-state index in [0.29, 0.717) is 41.6 Å². The lowest BCUT2D eigenvalue weighted by atomic mass is 10.0. The number of halogens is 1. The molecule has 5 rings (SSSR count). The fourth-order valence-electron chi connectivity index (χ4n) is 3.61. The molecule has 0 atom stereocenters. The van der Waals surface area contributed by atoms with Crippen molar-refractivity contribution in [1.29, 1.82) is 0 Å². The third-order valence-corrected chi connectivity index (χ3v) is 5.09. The van der Waals surface area contributed by atoms with Gasteiger partial charge < -0.3 is 14.6 Å². The van der Waals surface area contributed by atoms with Gasteiger partial charge in [0.1, 0.15) is 5.82 Å². The number of hydrogen-bond donors (Lipinski definition) is 1. The Balaban J connectivity index is 1.50. The highest BCUT2D eigenvalue weighted by Crippen LogP contribution is 2.24. The molecule has 0 aliphatic carbocycles. The fraction of sp³-hybridized carbons (Fsp3) is 0.316. The van der Waals surface area contributed by atoms with Crippen molar-refractivity contribution >= 4 is 23.0 Å². The number of fused-ring (bicyclic) bond motifs is 2. The molecule has 1 aliphatic heterocycles. The molecule has 1 N–H and O–H groups in total. The number of amides is 1. The molecule has 0 spiro atoms. The molecule has 0 aromatic carbocycles. The van der Waals surface area contributed by atoms with Gasteiger partial charge in [-0.25, -0.2) is 14.4 Å². The number of hydrogen-bond acceptors (Lipinski definition) is 6. The van der Waals surface area contributed by atoms with Crippen LogP contribution in [0.15, 0.2) is 24.5 Å². The van der Waals surface area contributed by atoms with E-state index in [1.807, 2.05) is 20.0 Å². The van der Waals surface area contributed by atoms with Crippen molar-refractivity contribution in [1.82, 2.24) is 34.1 Å². The molecule has 10 heteroatoms. The maximum atomic E-state index is 14.7. The van der Waals surface area contributed by atoms with E-state index in [2.05, 4.69) is 30.4 Å². The van der Waals surface area contributed by atoms with Gasteiger partial charge in [-0.1, -0.05) is 0 Å². The summed E-state index contributed by atoms with van der Waals surface area (Å²) in [6, 6.07) is 3.23. The average molecular weight is 394 g/mol. The zero-order valence-electron chi connectivity index (χ0n) is 16.2. The highest BCUT2D eigenvalue weighted by atomic mass is 19.1. The van der Waals surface area contributed by atoms with Crippen molar-refractivity contribution < 1.29 is 9.18 Å². The summed E-state index contributed by atoms with van der Waals surface area (Å²) in [7, 11) is 1.96. The Morgan fingerprint density at radius 3 is 2.69 bits per heavy atom. The third-order valence-electron chi connectivity index (χ3n) is 5.09. The van der Waals surface area contributed by atoms with E-state index < -0.39 is 5.82 Å². The Morgan fingerprint density at radius 1 is 1.14 bits per heavy atom. The zero-order chi connectivity index (χ0) is 20.3. The summed E-state index contributed by atoms with van der Waals surface area (Å²) < 4.78 is 17.7. The number of anilines is 1. The summed E-state index contributed by atoms with van der Waals surface area (Å²) in [5.41, 5.74) is 2.84. The van der Waals surface area contributed by atoms with Gasteiger partial charge in [-0.05, 0) is 38.6 Å². The van der Waals surface area contributed by atoms with Crippen LogP contribution in [0, 0.1) is 25.6 Å². The van der Waals surface area contributed by atoms with Crippen LogP contribution >= 0.6 is 0 Å². The molecular weight excluding hydrogens is 375 g/mol. The molecule has 0 saturated carbocycles. The second kappa shape index (κ2) is 6.31. The molecule has 1 amide bonds. The summed E-state index contributed by atoms with van der Waals surface area (Å²) in [4.78, 5) is 22.9. The van der Waals surface area contributed by atoms with Gasteiger partial charge in [0.2, 0.25) is 5.91 Å². The van der Waals surface area contributed by atoms with Gasteiger partial charge in [-0.3, -0.25) is 4.79 Å². The average Bonchev–Trinajstić information content (AvgIpc) is 3.21. The molecule has 1 aliphatic rings. The molecule has 0 radical (unpaired) electrons. The summed E-state index contributed by atoms with van der Waals surface area (Å²) in [5.74, 6) is 0.284. The van der Waals surface area contributed by atoms with Crippen LogP contribution in [0.4, 0.5) is 10.2 Å². The van der Waals surface area contributed by atoms with Gasteiger partial charge in [-0.2, -0.15) is 0 Å². The zero-order valence-corrected chi connectivity index (χ0v) is 16.2. The quantitative estimate of drug-likeness (QED) is 0.569. The van der Waals surface area contributed by atoms with Gasteiger partial charge in [0.05, 0.1) is 17.8 Å². The minimum absolute atomic E-state index is 0.0599. The van der Waals surface area contributed by atoms with E-state index in [9.17, 15) is 9.18 Å². The van der Waals surface area contributed by atoms with Crippen LogP contribution in [0.1, 0.15) is 11.4 Å². The first kappa shape index (κ1) is 17.7. The van der Waals surface area contributed by atoms with Crippen molar-refractivity contribution in [2.24, 2.45) is 5.92 Å². The van der Waals surface area contributed by atoms with Crippen LogP contribution < -0.4 is 5.32 Å². The Labute approximate surface area is 165 Å². The number of nitrogens with one attached hydrogen (secondary N) is 1. The molecule has 4 aromatic heterocycles. The third kappa shape index (κ3) is 3.01. The van der Waals surface area contributed by atoms with E-state index in [1.165, 1.54) is 10.7 Å². The van der Waals surface area contributed by atoms with E-state index in [0.717, 1.165) is 5.56 Å². The maximum Gasteiger partial charge on any atom is 0.231 e. The predicted octanol–water partition coefficient (Wildman–Crippen LogP) is 1.70. The summed E-state index contributed by atoms with van der Waals surface area (Å²) >= 11 is 0. The highest BCUT2D eigenvalue weighted by Gasteiger charge is 2.30. The maximum absolute atomic E-state index is 14.7. The first-order valence-electron chi connectivity index (χ1n) is 9.27. The number of aromatic nitrogens is 6. The van der Waals surface area contributed by atoms with Crippen LogP contribution in [0.25, 0.3) is 22.6 Å². The lowest BCUT2D eigenvalue weighted by Crippen LogP contribution is -2.49. The second-order valence-corrected chi connectivity index (χ2v) is 7.53. The molecule has 0 unspecified atom stereocenters. The van der Waals surface area contributed by atoms with Crippen molar-refractivity contribution in [2.45, 2.75) is 13.8 Å². The normalized spacial score (nSPS) is 15.2. The Kier molecular flexibility index (Phi) is 3.85. The van der Waals surface area contributed by atoms with Crippen molar-refractivity contribution in [3.63, 3.8) is 0 Å². The van der Waals surface area contributed by atoms with Crippen molar-refractivity contribution in [3.8, 4) is 11.3 Å². The van der Waals surface area contributed by atoms with E-state index >= 15 is 0 Å². The van der Waals surface area contributed by atoms with Crippen LogP contribution in [-0.2, 0) is 4.79 Å². The first-order valence-corrected chi connectivity index (χ1v) is 9.27. The lowest BCUT2D eigenvalue weighted by molar-refractivity contribution is -0.124. The first-order chi connectivity index (χ1) is 13.9. The van der Waals surface area contributed by atoms with Crippen molar-refractivity contribution in [3.05, 3.63) is 41.7 Å². The van der Waals surface area contributed by atoms with Crippen LogP contribution in [0.5, 0.6) is 0 Å². The van der Waals surface area contributed by atoms with Crippen LogP contribution in [0.2, 0.25) is 0 Å². The molecule has 4 aromatic rings. The second-order valence-electron chi connectivity index (χ2n) is 7.53. The summed E-state index contributed by atoms with van der Waals surface area (Å²) in [6.07, 6.45) is 3.34. The Hall–Kier alpha value is -3.40. The van der Waals surface area contributed by atoms with Gasteiger partial charge in [-0.15, -0.1) is 14.8 Å². The minimum atomic E-state index is -0.499. The number of nitrogens with zero attached hydrogens (tertiary/aromatic N) is 7. The fourth-order valence-corrected chi connectivity index (χ4v) is 3.61. The molecule has 5 heterocycles. The molecule has 9 nitrogen and oxygen atoms in total. The van der Waals surface area contributed by atoms with Gasteiger partial charge in [0, 0.05) is 24.8 Å². The van der Waals surface area contributed by atoms with Gasteiger partial charge in [0.25, 0.3) is 0 Å². The number of carbonyl (C=O) groups excluding carboxylic acids is 1. The van der Waals surface area contributed by atoms with E-state index in [4.69, 9.17) is 0 Å². The number of likely N-dealkylation sites (tertiary alicyclic amines) is 1. The number of imidazole rings is 1. The van der Waals surface area contributed by atoms with Gasteiger partial charge >= 0.3 is 0 Å². The molecule has 1 saturated heterocycles. The standard InChI is InChI=1S/C19H19FN8O/c1-10-4-15(25-28-17(10)21-11(2)24-28)12-5-14(20)18-22-16(9-27(18)8-12)23-19(29)13-6-26(3)7-13/h4-5,8-9,13H,6-7H2,1-3H3,(H,23,29). The summed E-state index contributed by atoms with van der Waals surface area (Å²) in [5, 5.41) is 11.5. The van der Waals surface area contributed by atoms with Gasteiger partial charge in [0.15, 0.2) is 22.9 Å². The van der Waals surface area contributed by atoms with E-state index in [-0.39, 0.29) is 17.5 Å². The molecule has 1 fully saturated rings. The SMILES string of the molecule is Cc1nc2c(C)cc(-c3cc(F)c4nc(NC(=O)C5CN(C)C5)cn4c3)nn2n1. The topological polar surface area (TPSA) is 92.7 Å². The number of pyridine rings is 1. The lowest BCUT2D eigenvalue weighted by Gasteiger charge is -2.34. The Morgan fingerprint density at radius 2 is 1.93 bits per heavy atom. The molecular formula is C19H19FN8O. The predicted molar refractivity (Wildman–Crippen MR) is 104 cm³/mol. The van der Waals surface area contributed by atoms with Crippen LogP contribution in [0.3, 0.4) is 0 Å². The number of rotatable bonds is 3. The Bertz CT molecular complexity index is 1270. The number of carbonyl (C=O) groups is 1. The number of aryl methyl sites for hydroxylation is 2. The molecule has 148 valence electrons. The summed E-state index contributed by atoms with van der Waals surface area (Å²) in [6.45, 7) is 5.13. The van der Waals surface area contributed by atoms with Crippen LogP contribution in [-0.4, -0.2) is 60.1 Å².